The Balaban J connectivity index is 2.79. The summed E-state index contributed by atoms with van der Waals surface area (Å²) in [6.07, 6.45) is -2.06. The van der Waals surface area contributed by atoms with Gasteiger partial charge in [-0.25, -0.2) is 4.79 Å². The second-order valence-electron chi connectivity index (χ2n) is 4.66. The average Bonchev–Trinajstić information content (AvgIpc) is 2.32. The Morgan fingerprint density at radius 2 is 2.16 bits per heavy atom. The highest BCUT2D eigenvalue weighted by Gasteiger charge is 2.46. The smallest absolute Gasteiger partial charge is 0.364 e. The van der Waals surface area contributed by atoms with E-state index in [0.717, 1.165) is 0 Å². The Labute approximate surface area is 110 Å². The van der Waals surface area contributed by atoms with Gasteiger partial charge in [-0.05, 0) is 6.42 Å². The molecule has 1 aliphatic heterocycles. The number of rotatable bonds is 5. The molecular formula is C11H19NO7. The van der Waals surface area contributed by atoms with Crippen molar-refractivity contribution in [1.29, 1.82) is 0 Å². The van der Waals surface area contributed by atoms with Crippen molar-refractivity contribution in [1.82, 2.24) is 5.32 Å². The molecule has 110 valence electrons. The number of hydrogen-bond acceptors (Lipinski definition) is 6. The van der Waals surface area contributed by atoms with Crippen molar-refractivity contribution in [3.63, 3.8) is 0 Å². The van der Waals surface area contributed by atoms with Gasteiger partial charge in [-0.3, -0.25) is 4.79 Å². The molecule has 1 unspecified atom stereocenters. The van der Waals surface area contributed by atoms with E-state index in [9.17, 15) is 19.8 Å². The van der Waals surface area contributed by atoms with Gasteiger partial charge in [0.05, 0.1) is 24.9 Å². The molecule has 1 heterocycles. The lowest BCUT2D eigenvalue weighted by atomic mass is 9.93. The van der Waals surface area contributed by atoms with Crippen LogP contribution >= 0.6 is 0 Å². The van der Waals surface area contributed by atoms with E-state index in [0.29, 0.717) is 0 Å². The SMILES string of the molecule is CC(=O)N[C@H]1CC[C@@](O)(C(=O)O)O[C@@H]1CC(O)CO. The van der Waals surface area contributed by atoms with Crippen LogP contribution in [0.2, 0.25) is 0 Å². The number of carbonyl (C=O) groups is 2. The number of carboxylic acid groups (broad SMARTS) is 1. The first-order valence-corrected chi connectivity index (χ1v) is 5.98. The van der Waals surface area contributed by atoms with E-state index in [2.05, 4.69) is 5.32 Å². The Morgan fingerprint density at radius 1 is 1.53 bits per heavy atom. The monoisotopic (exact) mass is 277 g/mol. The fraction of sp³-hybridized carbons (Fsp3) is 0.818. The summed E-state index contributed by atoms with van der Waals surface area (Å²) in [5, 5.41) is 39.5. The summed E-state index contributed by atoms with van der Waals surface area (Å²) in [6, 6.07) is -0.515. The average molecular weight is 277 g/mol. The molecule has 0 aliphatic carbocycles. The minimum atomic E-state index is -2.32. The summed E-state index contributed by atoms with van der Waals surface area (Å²) in [5.41, 5.74) is 0. The normalized spacial score (nSPS) is 32.6. The number of aliphatic carboxylic acids is 1. The van der Waals surface area contributed by atoms with Crippen LogP contribution in [0.1, 0.15) is 26.2 Å². The molecule has 1 fully saturated rings. The molecule has 1 rings (SSSR count). The van der Waals surface area contributed by atoms with E-state index in [1.807, 2.05) is 0 Å². The van der Waals surface area contributed by atoms with E-state index in [-0.39, 0.29) is 25.2 Å². The van der Waals surface area contributed by atoms with Crippen molar-refractivity contribution in [2.24, 2.45) is 0 Å². The van der Waals surface area contributed by atoms with Crippen molar-refractivity contribution >= 4 is 11.9 Å². The van der Waals surface area contributed by atoms with Gasteiger partial charge in [0.2, 0.25) is 5.91 Å². The summed E-state index contributed by atoms with van der Waals surface area (Å²) in [4.78, 5) is 22.0. The van der Waals surface area contributed by atoms with Crippen LogP contribution in [-0.2, 0) is 14.3 Å². The summed E-state index contributed by atoms with van der Waals surface area (Å²) < 4.78 is 5.09. The summed E-state index contributed by atoms with van der Waals surface area (Å²) in [6.45, 7) is 0.787. The molecule has 1 saturated heterocycles. The van der Waals surface area contributed by atoms with Gasteiger partial charge >= 0.3 is 5.97 Å². The zero-order valence-electron chi connectivity index (χ0n) is 10.6. The first kappa shape index (κ1) is 15.8. The standard InChI is InChI=1S/C11H19NO7/c1-6(14)12-8-2-3-11(18,10(16)17)19-9(8)4-7(15)5-13/h7-9,13,15,18H,2-5H2,1H3,(H,12,14)(H,16,17)/t7?,8-,9+,11-/m0/s1. The lowest BCUT2D eigenvalue weighted by Gasteiger charge is -2.40. The number of hydrogen-bond donors (Lipinski definition) is 5. The number of aliphatic hydroxyl groups is 3. The van der Waals surface area contributed by atoms with Crippen LogP contribution in [0.4, 0.5) is 0 Å². The first-order valence-electron chi connectivity index (χ1n) is 5.98. The molecule has 0 radical (unpaired) electrons. The van der Waals surface area contributed by atoms with Crippen LogP contribution in [0.5, 0.6) is 0 Å². The molecule has 5 N–H and O–H groups in total. The molecular weight excluding hydrogens is 258 g/mol. The molecule has 8 nitrogen and oxygen atoms in total. The van der Waals surface area contributed by atoms with Gasteiger partial charge in [-0.1, -0.05) is 0 Å². The maximum absolute atomic E-state index is 11.1. The summed E-state index contributed by atoms with van der Waals surface area (Å²) in [7, 11) is 0. The van der Waals surface area contributed by atoms with Crippen molar-refractivity contribution in [2.45, 2.75) is 50.2 Å². The fourth-order valence-corrected chi connectivity index (χ4v) is 2.07. The zero-order chi connectivity index (χ0) is 14.6. The lowest BCUT2D eigenvalue weighted by molar-refractivity contribution is -0.264. The quantitative estimate of drug-likeness (QED) is 0.399. The van der Waals surface area contributed by atoms with Gasteiger partial charge < -0.3 is 30.5 Å². The molecule has 0 aromatic rings. The van der Waals surface area contributed by atoms with Crippen LogP contribution in [0.3, 0.4) is 0 Å². The van der Waals surface area contributed by atoms with Crippen molar-refractivity contribution in [3.05, 3.63) is 0 Å². The Hall–Kier alpha value is -1.22. The van der Waals surface area contributed by atoms with Gasteiger partial charge in [0, 0.05) is 19.8 Å². The molecule has 19 heavy (non-hydrogen) atoms. The number of amides is 1. The highest BCUT2D eigenvalue weighted by molar-refractivity contribution is 5.76. The Kier molecular flexibility index (Phi) is 5.24. The highest BCUT2D eigenvalue weighted by Crippen LogP contribution is 2.29. The third kappa shape index (κ3) is 4.13. The largest absolute Gasteiger partial charge is 0.477 e. The number of carbonyl (C=O) groups excluding carboxylic acids is 1. The Bertz CT molecular complexity index is 348. The van der Waals surface area contributed by atoms with E-state index in [1.54, 1.807) is 0 Å². The molecule has 0 bridgehead atoms. The molecule has 1 amide bonds. The summed E-state index contributed by atoms with van der Waals surface area (Å²) in [5.74, 6) is -4.16. The van der Waals surface area contributed by atoms with Crippen LogP contribution in [0.15, 0.2) is 0 Å². The second-order valence-corrected chi connectivity index (χ2v) is 4.66. The molecule has 4 atom stereocenters. The van der Waals surface area contributed by atoms with Gasteiger partial charge in [-0.2, -0.15) is 0 Å². The van der Waals surface area contributed by atoms with Gasteiger partial charge in [0.1, 0.15) is 0 Å². The second kappa shape index (κ2) is 6.29. The van der Waals surface area contributed by atoms with Crippen molar-refractivity contribution in [2.75, 3.05) is 6.61 Å². The molecule has 0 spiro atoms. The number of nitrogens with one attached hydrogen (secondary N) is 1. The third-order valence-electron chi connectivity index (χ3n) is 3.03. The molecule has 1 aliphatic rings. The van der Waals surface area contributed by atoms with E-state index in [1.165, 1.54) is 6.92 Å². The number of carboxylic acids is 1. The predicted octanol–water partition coefficient (Wildman–Crippen LogP) is -1.81. The third-order valence-corrected chi connectivity index (χ3v) is 3.03. The fourth-order valence-electron chi connectivity index (χ4n) is 2.07. The summed E-state index contributed by atoms with van der Waals surface area (Å²) >= 11 is 0. The van der Waals surface area contributed by atoms with Crippen LogP contribution in [0, 0.1) is 0 Å². The van der Waals surface area contributed by atoms with E-state index in [4.69, 9.17) is 14.9 Å². The van der Waals surface area contributed by atoms with E-state index >= 15 is 0 Å². The maximum atomic E-state index is 11.1. The number of aliphatic hydroxyl groups excluding tert-OH is 2. The van der Waals surface area contributed by atoms with Crippen LogP contribution in [-0.4, -0.2) is 62.9 Å². The lowest BCUT2D eigenvalue weighted by Crippen LogP contribution is -2.57. The molecule has 0 aromatic carbocycles. The zero-order valence-corrected chi connectivity index (χ0v) is 10.6. The first-order chi connectivity index (χ1) is 8.78. The number of ether oxygens (including phenoxy) is 1. The minimum Gasteiger partial charge on any atom is -0.477 e. The molecule has 8 heteroatoms. The Morgan fingerprint density at radius 3 is 2.63 bits per heavy atom. The van der Waals surface area contributed by atoms with Crippen molar-refractivity contribution < 1.29 is 34.8 Å². The predicted molar refractivity (Wildman–Crippen MR) is 62.0 cm³/mol. The highest BCUT2D eigenvalue weighted by atomic mass is 16.7. The van der Waals surface area contributed by atoms with Crippen molar-refractivity contribution in [3.8, 4) is 0 Å². The maximum Gasteiger partial charge on any atom is 0.364 e. The van der Waals surface area contributed by atoms with Gasteiger partial charge in [0.25, 0.3) is 5.79 Å². The minimum absolute atomic E-state index is 0.0863. The topological polar surface area (TPSA) is 136 Å². The van der Waals surface area contributed by atoms with Gasteiger partial charge in [-0.15, -0.1) is 0 Å². The van der Waals surface area contributed by atoms with Gasteiger partial charge in [0.15, 0.2) is 0 Å². The molecule has 0 aromatic heterocycles. The van der Waals surface area contributed by atoms with Crippen LogP contribution < -0.4 is 5.32 Å². The van der Waals surface area contributed by atoms with Crippen LogP contribution in [0.25, 0.3) is 0 Å². The molecule has 0 saturated carbocycles. The van der Waals surface area contributed by atoms with E-state index < -0.39 is 36.6 Å².